The highest BCUT2D eigenvalue weighted by atomic mass is 16.5. The van der Waals surface area contributed by atoms with E-state index in [1.165, 1.54) is 43.2 Å². The van der Waals surface area contributed by atoms with Gasteiger partial charge in [0.25, 0.3) is 0 Å². The Labute approximate surface area is 126 Å². The number of ether oxygens (including phenoxy) is 1. The zero-order valence-electron chi connectivity index (χ0n) is 13.2. The first-order chi connectivity index (χ1) is 10.2. The lowest BCUT2D eigenvalue weighted by Crippen LogP contribution is -2.33. The molecule has 0 amide bonds. The van der Waals surface area contributed by atoms with Gasteiger partial charge in [-0.3, -0.25) is 4.98 Å². The summed E-state index contributed by atoms with van der Waals surface area (Å²) in [4.78, 5) is 7.13. The second-order valence-corrected chi connectivity index (χ2v) is 6.07. The summed E-state index contributed by atoms with van der Waals surface area (Å²) < 4.78 is 5.33. The minimum atomic E-state index is 0.658. The molecule has 0 atom stereocenters. The number of fused-ring (bicyclic) bond motifs is 1. The molecule has 3 rings (SSSR count). The van der Waals surface area contributed by atoms with Crippen LogP contribution in [-0.2, 0) is 0 Å². The van der Waals surface area contributed by atoms with Crippen LogP contribution in [0.5, 0.6) is 5.75 Å². The van der Waals surface area contributed by atoms with Crippen molar-refractivity contribution in [2.24, 2.45) is 0 Å². The molecule has 0 bridgehead atoms. The van der Waals surface area contributed by atoms with E-state index in [0.29, 0.717) is 6.04 Å². The first kappa shape index (κ1) is 14.2. The molecule has 1 heterocycles. The lowest BCUT2D eigenvalue weighted by atomic mass is 9.94. The summed E-state index contributed by atoms with van der Waals surface area (Å²) in [5.74, 6) is 0.867. The van der Waals surface area contributed by atoms with Gasteiger partial charge in [0.05, 0.1) is 12.6 Å². The number of pyridine rings is 1. The summed E-state index contributed by atoms with van der Waals surface area (Å²) in [6, 6.07) is 9.06. The van der Waals surface area contributed by atoms with Gasteiger partial charge in [0.15, 0.2) is 0 Å². The predicted octanol–water partition coefficient (Wildman–Crippen LogP) is 4.32. The molecule has 1 aliphatic rings. The predicted molar refractivity (Wildman–Crippen MR) is 88.3 cm³/mol. The molecule has 112 valence electrons. The van der Waals surface area contributed by atoms with Crippen molar-refractivity contribution in [3.63, 3.8) is 0 Å². The van der Waals surface area contributed by atoms with Crippen molar-refractivity contribution >= 4 is 16.6 Å². The molecule has 1 aromatic heterocycles. The molecule has 21 heavy (non-hydrogen) atoms. The van der Waals surface area contributed by atoms with Gasteiger partial charge < -0.3 is 9.64 Å². The highest BCUT2D eigenvalue weighted by molar-refractivity contribution is 5.92. The van der Waals surface area contributed by atoms with Crippen LogP contribution in [0.2, 0.25) is 0 Å². The Morgan fingerprint density at radius 3 is 2.62 bits per heavy atom. The minimum Gasteiger partial charge on any atom is -0.497 e. The van der Waals surface area contributed by atoms with Gasteiger partial charge in [0.2, 0.25) is 0 Å². The molecule has 0 N–H and O–H groups in total. The molecule has 3 nitrogen and oxygen atoms in total. The second kappa shape index (κ2) is 5.92. The van der Waals surface area contributed by atoms with Gasteiger partial charge in [0, 0.05) is 35.9 Å². The van der Waals surface area contributed by atoms with Gasteiger partial charge >= 0.3 is 0 Å². The van der Waals surface area contributed by atoms with Crippen LogP contribution in [0.15, 0.2) is 24.3 Å². The SMILES string of the molecule is COc1ccc2c(N(C)C3CCCCC3)cc(C)nc2c1. The van der Waals surface area contributed by atoms with Gasteiger partial charge in [-0.15, -0.1) is 0 Å². The maximum atomic E-state index is 5.33. The Morgan fingerprint density at radius 1 is 1.14 bits per heavy atom. The Morgan fingerprint density at radius 2 is 1.90 bits per heavy atom. The molecule has 3 heteroatoms. The quantitative estimate of drug-likeness (QED) is 0.839. The Balaban J connectivity index is 2.04. The highest BCUT2D eigenvalue weighted by Gasteiger charge is 2.20. The third-order valence-electron chi connectivity index (χ3n) is 4.63. The van der Waals surface area contributed by atoms with Crippen molar-refractivity contribution in [2.75, 3.05) is 19.1 Å². The van der Waals surface area contributed by atoms with Crippen molar-refractivity contribution in [3.05, 3.63) is 30.0 Å². The van der Waals surface area contributed by atoms with Gasteiger partial charge in [0.1, 0.15) is 5.75 Å². The number of hydrogen-bond acceptors (Lipinski definition) is 3. The minimum absolute atomic E-state index is 0.658. The summed E-state index contributed by atoms with van der Waals surface area (Å²) in [5, 5.41) is 1.22. The molecule has 2 aromatic rings. The molecule has 0 spiro atoms. The van der Waals surface area contributed by atoms with Crippen LogP contribution in [0, 0.1) is 6.92 Å². The van der Waals surface area contributed by atoms with E-state index in [4.69, 9.17) is 4.74 Å². The molecule has 0 unspecified atom stereocenters. The van der Waals surface area contributed by atoms with Gasteiger partial charge in [-0.25, -0.2) is 0 Å². The molecule has 0 saturated heterocycles. The number of anilines is 1. The van der Waals surface area contributed by atoms with Crippen LogP contribution in [-0.4, -0.2) is 25.2 Å². The van der Waals surface area contributed by atoms with E-state index >= 15 is 0 Å². The fourth-order valence-corrected chi connectivity index (χ4v) is 3.40. The van der Waals surface area contributed by atoms with E-state index < -0.39 is 0 Å². The molecular formula is C18H24N2O. The molecule has 0 radical (unpaired) electrons. The van der Waals surface area contributed by atoms with E-state index in [0.717, 1.165) is 17.0 Å². The van der Waals surface area contributed by atoms with E-state index in [-0.39, 0.29) is 0 Å². The Bertz CT molecular complexity index is 632. The number of nitrogens with zero attached hydrogens (tertiary/aromatic N) is 2. The normalized spacial score (nSPS) is 16.1. The summed E-state index contributed by atoms with van der Waals surface area (Å²) in [7, 11) is 3.93. The first-order valence-corrected chi connectivity index (χ1v) is 7.87. The zero-order valence-corrected chi connectivity index (χ0v) is 13.2. The van der Waals surface area contributed by atoms with Gasteiger partial charge in [-0.05, 0) is 38.0 Å². The molecule has 1 aliphatic carbocycles. The van der Waals surface area contributed by atoms with Gasteiger partial charge in [-0.1, -0.05) is 19.3 Å². The Hall–Kier alpha value is -1.77. The van der Waals surface area contributed by atoms with Crippen molar-refractivity contribution in [1.29, 1.82) is 0 Å². The number of methoxy groups -OCH3 is 1. The largest absolute Gasteiger partial charge is 0.497 e. The number of aryl methyl sites for hydroxylation is 1. The average Bonchev–Trinajstić information content (AvgIpc) is 2.53. The van der Waals surface area contributed by atoms with E-state index in [9.17, 15) is 0 Å². The van der Waals surface area contributed by atoms with E-state index in [1.54, 1.807) is 7.11 Å². The number of rotatable bonds is 3. The van der Waals surface area contributed by atoms with Crippen molar-refractivity contribution in [1.82, 2.24) is 4.98 Å². The summed E-state index contributed by atoms with van der Waals surface area (Å²) in [5.41, 5.74) is 3.38. The third kappa shape index (κ3) is 2.82. The third-order valence-corrected chi connectivity index (χ3v) is 4.63. The van der Waals surface area contributed by atoms with E-state index in [1.807, 2.05) is 12.1 Å². The maximum Gasteiger partial charge on any atom is 0.121 e. The summed E-state index contributed by atoms with van der Waals surface area (Å²) in [6.07, 6.45) is 6.69. The zero-order chi connectivity index (χ0) is 14.8. The van der Waals surface area contributed by atoms with Crippen LogP contribution >= 0.6 is 0 Å². The summed E-state index contributed by atoms with van der Waals surface area (Å²) in [6.45, 7) is 2.07. The number of aromatic nitrogens is 1. The van der Waals surface area contributed by atoms with Crippen LogP contribution in [0.4, 0.5) is 5.69 Å². The van der Waals surface area contributed by atoms with Gasteiger partial charge in [-0.2, -0.15) is 0 Å². The molecule has 0 aliphatic heterocycles. The molecule has 1 aromatic carbocycles. The lowest BCUT2D eigenvalue weighted by molar-refractivity contribution is 0.415. The van der Waals surface area contributed by atoms with Crippen molar-refractivity contribution in [3.8, 4) is 5.75 Å². The number of benzene rings is 1. The average molecular weight is 284 g/mol. The fraction of sp³-hybridized carbons (Fsp3) is 0.500. The topological polar surface area (TPSA) is 25.4 Å². The molecule has 1 fully saturated rings. The highest BCUT2D eigenvalue weighted by Crippen LogP contribution is 2.32. The number of hydrogen-bond donors (Lipinski definition) is 0. The monoisotopic (exact) mass is 284 g/mol. The standard InChI is InChI=1S/C18H24N2O/c1-13-11-18(20(2)14-7-5-4-6-8-14)16-10-9-15(21-3)12-17(16)19-13/h9-12,14H,4-8H2,1-3H3. The van der Waals surface area contributed by atoms with Crippen LogP contribution in [0.1, 0.15) is 37.8 Å². The maximum absolute atomic E-state index is 5.33. The Kier molecular flexibility index (Phi) is 4.00. The van der Waals surface area contributed by atoms with Crippen LogP contribution in [0.3, 0.4) is 0 Å². The van der Waals surface area contributed by atoms with Crippen molar-refractivity contribution in [2.45, 2.75) is 45.1 Å². The van der Waals surface area contributed by atoms with E-state index in [2.05, 4.69) is 36.0 Å². The van der Waals surface area contributed by atoms with Crippen molar-refractivity contribution < 1.29 is 4.74 Å². The molecular weight excluding hydrogens is 260 g/mol. The smallest absolute Gasteiger partial charge is 0.121 e. The lowest BCUT2D eigenvalue weighted by Gasteiger charge is -2.33. The second-order valence-electron chi connectivity index (χ2n) is 6.07. The van der Waals surface area contributed by atoms with Crippen LogP contribution in [0.25, 0.3) is 10.9 Å². The first-order valence-electron chi connectivity index (χ1n) is 7.87. The summed E-state index contributed by atoms with van der Waals surface area (Å²) >= 11 is 0. The fourth-order valence-electron chi connectivity index (χ4n) is 3.40. The molecule has 1 saturated carbocycles. The van der Waals surface area contributed by atoms with Crippen LogP contribution < -0.4 is 9.64 Å².